The van der Waals surface area contributed by atoms with Crippen molar-refractivity contribution < 1.29 is 14.7 Å². The number of amides is 1. The minimum Gasteiger partial charge on any atom is -0.483 e. The summed E-state index contributed by atoms with van der Waals surface area (Å²) in [6.07, 6.45) is 2.39. The number of aromatic amines is 1. The van der Waals surface area contributed by atoms with Gasteiger partial charge >= 0.3 is 0 Å². The zero-order valence-electron chi connectivity index (χ0n) is 16.5. The summed E-state index contributed by atoms with van der Waals surface area (Å²) in [5, 5.41) is 18.3. The van der Waals surface area contributed by atoms with E-state index >= 15 is 0 Å². The number of benzene rings is 1. The van der Waals surface area contributed by atoms with Gasteiger partial charge in [-0.3, -0.25) is 14.7 Å². The Morgan fingerprint density at radius 1 is 1.36 bits per heavy atom. The first-order chi connectivity index (χ1) is 13.6. The molecule has 28 heavy (non-hydrogen) atoms. The molecule has 5 rings (SSSR count). The number of nitrogens with zero attached hydrogens (tertiary/aromatic N) is 3. The van der Waals surface area contributed by atoms with Crippen LogP contribution in [0.15, 0.2) is 18.2 Å². The summed E-state index contributed by atoms with van der Waals surface area (Å²) >= 11 is 0. The Morgan fingerprint density at radius 2 is 2.04 bits per heavy atom. The van der Waals surface area contributed by atoms with E-state index in [1.807, 2.05) is 6.07 Å². The van der Waals surface area contributed by atoms with E-state index < -0.39 is 0 Å². The molecule has 2 bridgehead atoms. The van der Waals surface area contributed by atoms with Gasteiger partial charge in [0.25, 0.3) is 12.4 Å². The fourth-order valence-electron chi connectivity index (χ4n) is 4.33. The summed E-state index contributed by atoms with van der Waals surface area (Å²) in [6.45, 7) is 9.25. The van der Waals surface area contributed by atoms with Crippen LogP contribution < -0.4 is 10.2 Å². The molecule has 8 heteroatoms. The Bertz CT molecular complexity index is 809. The van der Waals surface area contributed by atoms with E-state index in [-0.39, 0.29) is 18.4 Å². The molecule has 0 aliphatic carbocycles. The summed E-state index contributed by atoms with van der Waals surface area (Å²) in [7, 11) is 0. The first-order valence-corrected chi connectivity index (χ1v) is 9.95. The van der Waals surface area contributed by atoms with Crippen molar-refractivity contribution in [1.29, 1.82) is 0 Å². The van der Waals surface area contributed by atoms with Crippen LogP contribution in [-0.4, -0.2) is 71.3 Å². The van der Waals surface area contributed by atoms with E-state index in [2.05, 4.69) is 51.3 Å². The second-order valence-corrected chi connectivity index (χ2v) is 7.30. The third-order valence-electron chi connectivity index (χ3n) is 5.86. The van der Waals surface area contributed by atoms with Gasteiger partial charge in [-0.25, -0.2) is 0 Å². The second kappa shape index (κ2) is 9.05. The number of carbonyl (C=O) groups is 2. The van der Waals surface area contributed by atoms with Gasteiger partial charge in [0.15, 0.2) is 5.69 Å². The van der Waals surface area contributed by atoms with Crippen molar-refractivity contribution in [3.8, 4) is 0 Å². The fraction of sp³-hybridized carbons (Fsp3) is 0.550. The molecule has 3 aliphatic rings. The zero-order valence-corrected chi connectivity index (χ0v) is 16.5. The van der Waals surface area contributed by atoms with E-state index in [4.69, 9.17) is 9.90 Å². The summed E-state index contributed by atoms with van der Waals surface area (Å²) in [5.74, 6) is 0.562. The zero-order chi connectivity index (χ0) is 20.1. The van der Waals surface area contributed by atoms with E-state index in [1.165, 1.54) is 25.9 Å². The lowest BCUT2D eigenvalue weighted by atomic mass is 9.84. The summed E-state index contributed by atoms with van der Waals surface area (Å²) in [6, 6.07) is 6.44. The number of anilines is 1. The lowest BCUT2D eigenvalue weighted by Gasteiger charge is -2.44. The van der Waals surface area contributed by atoms with Gasteiger partial charge in [-0.05, 0) is 63.9 Å². The van der Waals surface area contributed by atoms with Crippen molar-refractivity contribution in [1.82, 2.24) is 20.4 Å². The Labute approximate surface area is 164 Å². The predicted molar refractivity (Wildman–Crippen MR) is 109 cm³/mol. The first-order valence-electron chi connectivity index (χ1n) is 9.95. The Hall–Kier alpha value is -2.61. The lowest BCUT2D eigenvalue weighted by Crippen LogP contribution is -2.57. The van der Waals surface area contributed by atoms with Crippen molar-refractivity contribution in [2.24, 2.45) is 5.92 Å². The van der Waals surface area contributed by atoms with Crippen LogP contribution in [-0.2, 0) is 4.79 Å². The SMILES string of the molecule is CCN(CC)c1ccc2[nH]nc(C(=O)N[C@H]3CN4CCC3CC4)c2c1.O=CO. The van der Waals surface area contributed by atoms with Gasteiger partial charge in [0.05, 0.1) is 5.52 Å². The maximum Gasteiger partial charge on any atom is 0.290 e. The molecule has 0 spiro atoms. The number of aromatic nitrogens is 2. The van der Waals surface area contributed by atoms with Crippen molar-refractivity contribution >= 4 is 29.0 Å². The number of hydrogen-bond donors (Lipinski definition) is 3. The minimum atomic E-state index is -0.250. The average molecular weight is 387 g/mol. The van der Waals surface area contributed by atoms with Crippen LogP contribution in [0, 0.1) is 5.92 Å². The molecular weight excluding hydrogens is 358 g/mol. The summed E-state index contributed by atoms with van der Waals surface area (Å²) < 4.78 is 0. The van der Waals surface area contributed by atoms with Gasteiger partial charge < -0.3 is 20.2 Å². The quantitative estimate of drug-likeness (QED) is 0.678. The third kappa shape index (κ3) is 4.11. The van der Waals surface area contributed by atoms with Crippen LogP contribution in [0.2, 0.25) is 0 Å². The highest BCUT2D eigenvalue weighted by Gasteiger charge is 2.35. The van der Waals surface area contributed by atoms with Crippen LogP contribution in [0.3, 0.4) is 0 Å². The van der Waals surface area contributed by atoms with Crippen molar-refractivity contribution in [3.63, 3.8) is 0 Å². The average Bonchev–Trinajstić information content (AvgIpc) is 3.14. The third-order valence-corrected chi connectivity index (χ3v) is 5.86. The van der Waals surface area contributed by atoms with Crippen molar-refractivity contribution in [3.05, 3.63) is 23.9 Å². The molecule has 0 radical (unpaired) electrons. The van der Waals surface area contributed by atoms with E-state index in [1.54, 1.807) is 0 Å². The smallest absolute Gasteiger partial charge is 0.290 e. The van der Waals surface area contributed by atoms with Gasteiger partial charge in [0.2, 0.25) is 0 Å². The summed E-state index contributed by atoms with van der Waals surface area (Å²) in [4.78, 5) is 25.9. The number of carbonyl (C=O) groups excluding carboxylic acids is 1. The van der Waals surface area contributed by atoms with Crippen LogP contribution in [0.4, 0.5) is 5.69 Å². The first kappa shape index (κ1) is 20.1. The van der Waals surface area contributed by atoms with Gasteiger partial charge in [-0.2, -0.15) is 5.10 Å². The Kier molecular flexibility index (Phi) is 6.51. The standard InChI is InChI=1S/C19H27N5O.CH2O2/c1-3-24(4-2)14-5-6-16-15(11-14)18(22-21-16)19(25)20-17-12-23-9-7-13(17)8-10-23;2-1-3/h5-6,11,13,17H,3-4,7-10,12H2,1-2H3,(H,20,25)(H,21,22);1H,(H,2,3)/t17-;/m0./s1. The molecule has 152 valence electrons. The number of rotatable bonds is 5. The van der Waals surface area contributed by atoms with Crippen LogP contribution in [0.1, 0.15) is 37.2 Å². The highest BCUT2D eigenvalue weighted by molar-refractivity contribution is 6.05. The van der Waals surface area contributed by atoms with E-state index in [0.29, 0.717) is 11.6 Å². The van der Waals surface area contributed by atoms with Crippen molar-refractivity contribution in [2.75, 3.05) is 37.6 Å². The van der Waals surface area contributed by atoms with Crippen LogP contribution >= 0.6 is 0 Å². The number of carboxylic acid groups (broad SMARTS) is 1. The number of nitrogens with one attached hydrogen (secondary N) is 2. The minimum absolute atomic E-state index is 0.0540. The normalized spacial score (nSPS) is 23.0. The lowest BCUT2D eigenvalue weighted by molar-refractivity contribution is -0.122. The number of hydrogen-bond acceptors (Lipinski definition) is 5. The fourth-order valence-corrected chi connectivity index (χ4v) is 4.33. The van der Waals surface area contributed by atoms with E-state index in [0.717, 1.165) is 36.2 Å². The number of H-pyrrole nitrogens is 1. The molecule has 3 saturated heterocycles. The molecule has 1 aromatic carbocycles. The van der Waals surface area contributed by atoms with Gasteiger partial charge in [-0.1, -0.05) is 0 Å². The van der Waals surface area contributed by atoms with Gasteiger partial charge in [0.1, 0.15) is 0 Å². The van der Waals surface area contributed by atoms with Crippen LogP contribution in [0.5, 0.6) is 0 Å². The highest BCUT2D eigenvalue weighted by Crippen LogP contribution is 2.28. The van der Waals surface area contributed by atoms with Gasteiger partial charge in [-0.15, -0.1) is 0 Å². The monoisotopic (exact) mass is 387 g/mol. The second-order valence-electron chi connectivity index (χ2n) is 7.30. The molecule has 3 aliphatic heterocycles. The number of piperidine rings is 3. The molecule has 4 heterocycles. The largest absolute Gasteiger partial charge is 0.483 e. The molecule has 3 fully saturated rings. The molecule has 0 saturated carbocycles. The molecular formula is C20H29N5O3. The van der Waals surface area contributed by atoms with Gasteiger partial charge in [0, 0.05) is 36.7 Å². The Morgan fingerprint density at radius 3 is 2.61 bits per heavy atom. The van der Waals surface area contributed by atoms with E-state index in [9.17, 15) is 4.79 Å². The maximum absolute atomic E-state index is 12.9. The van der Waals surface area contributed by atoms with Crippen molar-refractivity contribution in [2.45, 2.75) is 32.7 Å². The summed E-state index contributed by atoms with van der Waals surface area (Å²) in [5.41, 5.74) is 2.56. The number of fused-ring (bicyclic) bond motifs is 4. The molecule has 0 unspecified atom stereocenters. The highest BCUT2D eigenvalue weighted by atomic mass is 16.3. The molecule has 1 aromatic heterocycles. The molecule has 3 N–H and O–H groups in total. The molecule has 2 aromatic rings. The molecule has 1 amide bonds. The Balaban J connectivity index is 0.000000706. The molecule has 8 nitrogen and oxygen atoms in total. The predicted octanol–water partition coefficient (Wildman–Crippen LogP) is 1.93. The topological polar surface area (TPSA) is 102 Å². The molecule has 1 atom stereocenters. The maximum atomic E-state index is 12.9. The van der Waals surface area contributed by atoms with Crippen LogP contribution in [0.25, 0.3) is 10.9 Å².